The van der Waals surface area contributed by atoms with E-state index in [4.69, 9.17) is 16.7 Å². The van der Waals surface area contributed by atoms with Crippen molar-refractivity contribution in [3.8, 4) is 0 Å². The average molecular weight is 288 g/mol. The van der Waals surface area contributed by atoms with Crippen molar-refractivity contribution in [2.45, 2.75) is 32.2 Å². The highest BCUT2D eigenvalue weighted by Gasteiger charge is 2.33. The van der Waals surface area contributed by atoms with Crippen molar-refractivity contribution in [3.63, 3.8) is 0 Å². The number of carbonyl (C=O) groups excluding carboxylic acids is 1. The lowest BCUT2D eigenvalue weighted by Gasteiger charge is -2.32. The molecular formula is C12H14ClNO3S. The van der Waals surface area contributed by atoms with E-state index in [9.17, 15) is 9.59 Å². The highest BCUT2D eigenvalue weighted by Crippen LogP contribution is 2.30. The maximum absolute atomic E-state index is 12.3. The van der Waals surface area contributed by atoms with Gasteiger partial charge in [-0.3, -0.25) is 4.79 Å². The fraction of sp³-hybridized carbons (Fsp3) is 0.500. The molecule has 98 valence electrons. The van der Waals surface area contributed by atoms with Crippen LogP contribution in [0.3, 0.4) is 0 Å². The summed E-state index contributed by atoms with van der Waals surface area (Å²) >= 11 is 7.34. The number of carbonyl (C=O) groups is 2. The van der Waals surface area contributed by atoms with Crippen LogP contribution < -0.4 is 0 Å². The van der Waals surface area contributed by atoms with Gasteiger partial charge in [0.05, 0.1) is 5.02 Å². The molecule has 2 heterocycles. The molecule has 2 rings (SSSR count). The second-order valence-electron chi connectivity index (χ2n) is 4.41. The quantitative estimate of drug-likeness (QED) is 0.910. The number of amides is 1. The smallest absolute Gasteiger partial charge is 0.326 e. The zero-order valence-corrected chi connectivity index (χ0v) is 11.6. The maximum Gasteiger partial charge on any atom is 0.326 e. The van der Waals surface area contributed by atoms with E-state index in [1.807, 2.05) is 12.3 Å². The molecule has 1 amide bonds. The zero-order valence-electron chi connectivity index (χ0n) is 9.98. The molecule has 0 aromatic carbocycles. The van der Waals surface area contributed by atoms with Crippen LogP contribution in [0.4, 0.5) is 0 Å². The highest BCUT2D eigenvalue weighted by molar-refractivity contribution is 7.13. The molecule has 6 heteroatoms. The number of carboxylic acid groups (broad SMARTS) is 1. The molecule has 1 N–H and O–H groups in total. The SMILES string of the molecule is Cc1csc(C(=O)N2CCCC[C@H]2C(=O)O)c1Cl. The van der Waals surface area contributed by atoms with Crippen molar-refractivity contribution in [1.82, 2.24) is 4.90 Å². The van der Waals surface area contributed by atoms with Gasteiger partial charge in [0.15, 0.2) is 0 Å². The molecule has 18 heavy (non-hydrogen) atoms. The van der Waals surface area contributed by atoms with Crippen molar-refractivity contribution in [2.24, 2.45) is 0 Å². The van der Waals surface area contributed by atoms with E-state index in [0.29, 0.717) is 22.9 Å². The van der Waals surface area contributed by atoms with E-state index in [0.717, 1.165) is 18.4 Å². The van der Waals surface area contributed by atoms with E-state index in [2.05, 4.69) is 0 Å². The molecule has 0 bridgehead atoms. The van der Waals surface area contributed by atoms with Crippen molar-refractivity contribution >= 4 is 34.8 Å². The Morgan fingerprint density at radius 1 is 1.50 bits per heavy atom. The first-order chi connectivity index (χ1) is 8.52. The van der Waals surface area contributed by atoms with Crippen molar-refractivity contribution in [1.29, 1.82) is 0 Å². The van der Waals surface area contributed by atoms with Gasteiger partial charge in [0.1, 0.15) is 10.9 Å². The van der Waals surface area contributed by atoms with Crippen LogP contribution >= 0.6 is 22.9 Å². The third-order valence-electron chi connectivity index (χ3n) is 3.14. The topological polar surface area (TPSA) is 57.6 Å². The second kappa shape index (κ2) is 5.28. The van der Waals surface area contributed by atoms with Gasteiger partial charge in [-0.2, -0.15) is 0 Å². The number of aliphatic carboxylic acids is 1. The van der Waals surface area contributed by atoms with Crippen molar-refractivity contribution in [2.75, 3.05) is 6.54 Å². The summed E-state index contributed by atoms with van der Waals surface area (Å²) in [6, 6.07) is -0.718. The Hall–Kier alpha value is -1.07. The zero-order chi connectivity index (χ0) is 13.3. The Labute approximate surface area is 114 Å². The summed E-state index contributed by atoms with van der Waals surface area (Å²) in [5.74, 6) is -1.20. The number of carboxylic acids is 1. The molecule has 0 aliphatic carbocycles. The number of thiophene rings is 1. The first-order valence-electron chi connectivity index (χ1n) is 5.79. The lowest BCUT2D eigenvalue weighted by molar-refractivity contribution is -0.143. The molecule has 1 aliphatic rings. The molecular weight excluding hydrogens is 274 g/mol. The lowest BCUT2D eigenvalue weighted by atomic mass is 10.0. The number of piperidine rings is 1. The van der Waals surface area contributed by atoms with Crippen LogP contribution in [0, 0.1) is 6.92 Å². The largest absolute Gasteiger partial charge is 0.480 e. The van der Waals surface area contributed by atoms with Gasteiger partial charge in [-0.05, 0) is 37.1 Å². The van der Waals surface area contributed by atoms with Crippen LogP contribution in [0.1, 0.15) is 34.5 Å². The van der Waals surface area contributed by atoms with Gasteiger partial charge in [-0.15, -0.1) is 11.3 Å². The van der Waals surface area contributed by atoms with Crippen molar-refractivity contribution < 1.29 is 14.7 Å². The predicted octanol–water partition coefficient (Wildman–Crippen LogP) is 2.79. The Balaban J connectivity index is 2.26. The normalized spacial score (nSPS) is 19.9. The summed E-state index contributed by atoms with van der Waals surface area (Å²) in [4.78, 5) is 25.4. The Morgan fingerprint density at radius 2 is 2.22 bits per heavy atom. The summed E-state index contributed by atoms with van der Waals surface area (Å²) < 4.78 is 0. The van der Waals surface area contributed by atoms with Crippen LogP contribution in [0.25, 0.3) is 0 Å². The van der Waals surface area contributed by atoms with Crippen LogP contribution in [-0.2, 0) is 4.79 Å². The summed E-state index contributed by atoms with van der Waals surface area (Å²) in [5, 5.41) is 11.4. The average Bonchev–Trinajstić information content (AvgIpc) is 2.69. The van der Waals surface area contributed by atoms with E-state index in [-0.39, 0.29) is 5.91 Å². The fourth-order valence-corrected chi connectivity index (χ4v) is 3.36. The standard InChI is InChI=1S/C12H14ClNO3S/c1-7-6-18-10(9(7)13)11(15)14-5-3-2-4-8(14)12(16)17/h6,8H,2-5H2,1H3,(H,16,17)/t8-/m0/s1. The van der Waals surface area contributed by atoms with Gasteiger partial charge in [-0.1, -0.05) is 11.6 Å². The van der Waals surface area contributed by atoms with E-state index < -0.39 is 12.0 Å². The molecule has 0 radical (unpaired) electrons. The number of nitrogens with zero attached hydrogens (tertiary/aromatic N) is 1. The van der Waals surface area contributed by atoms with Crippen LogP contribution in [0.2, 0.25) is 5.02 Å². The minimum atomic E-state index is -0.938. The molecule has 0 unspecified atom stereocenters. The predicted molar refractivity (Wildman–Crippen MR) is 70.4 cm³/mol. The van der Waals surface area contributed by atoms with E-state index in [1.54, 1.807) is 0 Å². The monoisotopic (exact) mass is 287 g/mol. The molecule has 1 aromatic rings. The minimum absolute atomic E-state index is 0.259. The third kappa shape index (κ3) is 2.37. The first kappa shape index (κ1) is 13.4. The Kier molecular flexibility index (Phi) is 3.92. The van der Waals surface area contributed by atoms with E-state index >= 15 is 0 Å². The number of likely N-dealkylation sites (tertiary alicyclic amines) is 1. The Morgan fingerprint density at radius 3 is 2.78 bits per heavy atom. The van der Waals surface area contributed by atoms with Gasteiger partial charge in [0, 0.05) is 6.54 Å². The van der Waals surface area contributed by atoms with Gasteiger partial charge in [0.2, 0.25) is 0 Å². The molecule has 1 aliphatic heterocycles. The van der Waals surface area contributed by atoms with Gasteiger partial charge >= 0.3 is 5.97 Å². The molecule has 1 saturated heterocycles. The van der Waals surface area contributed by atoms with E-state index in [1.165, 1.54) is 16.2 Å². The molecule has 0 spiro atoms. The molecule has 0 saturated carbocycles. The lowest BCUT2D eigenvalue weighted by Crippen LogP contribution is -2.47. The Bertz CT molecular complexity index is 486. The van der Waals surface area contributed by atoms with Gasteiger partial charge in [0.25, 0.3) is 5.91 Å². The van der Waals surface area contributed by atoms with Crippen molar-refractivity contribution in [3.05, 3.63) is 20.8 Å². The highest BCUT2D eigenvalue weighted by atomic mass is 35.5. The maximum atomic E-state index is 12.3. The van der Waals surface area contributed by atoms with Gasteiger partial charge < -0.3 is 10.0 Å². The van der Waals surface area contributed by atoms with Crippen LogP contribution in [-0.4, -0.2) is 34.5 Å². The number of hydrogen-bond acceptors (Lipinski definition) is 3. The number of halogens is 1. The van der Waals surface area contributed by atoms with Gasteiger partial charge in [-0.25, -0.2) is 4.79 Å². The molecule has 4 nitrogen and oxygen atoms in total. The summed E-state index contributed by atoms with van der Waals surface area (Å²) in [5.41, 5.74) is 0.855. The third-order valence-corrected chi connectivity index (χ3v) is 4.83. The summed E-state index contributed by atoms with van der Waals surface area (Å²) in [7, 11) is 0. The molecule has 1 atom stereocenters. The fourth-order valence-electron chi connectivity index (χ4n) is 2.14. The molecule has 1 fully saturated rings. The minimum Gasteiger partial charge on any atom is -0.480 e. The number of aryl methyl sites for hydroxylation is 1. The summed E-state index contributed by atoms with van der Waals surface area (Å²) in [6.07, 6.45) is 2.21. The molecule has 1 aromatic heterocycles. The summed E-state index contributed by atoms with van der Waals surface area (Å²) in [6.45, 7) is 2.32. The number of hydrogen-bond donors (Lipinski definition) is 1. The van der Waals surface area contributed by atoms with Crippen LogP contribution in [0.15, 0.2) is 5.38 Å². The second-order valence-corrected chi connectivity index (χ2v) is 5.67. The number of rotatable bonds is 2. The first-order valence-corrected chi connectivity index (χ1v) is 7.05. The van der Waals surface area contributed by atoms with Crippen LogP contribution in [0.5, 0.6) is 0 Å².